The molecule has 1 fully saturated rings. The van der Waals surface area contributed by atoms with Crippen LogP contribution in [0.4, 0.5) is 0 Å². The molecule has 3 heterocycles. The average Bonchev–Trinajstić information content (AvgIpc) is 3.13. The highest BCUT2D eigenvalue weighted by atomic mass is 35.5. The number of rotatable bonds is 3. The summed E-state index contributed by atoms with van der Waals surface area (Å²) in [6.07, 6.45) is 5.30. The summed E-state index contributed by atoms with van der Waals surface area (Å²) in [4.78, 5) is 11.8. The maximum Gasteiger partial charge on any atom is 0.145 e. The fourth-order valence-corrected chi connectivity index (χ4v) is 3.89. The molecule has 2 aliphatic rings. The lowest BCUT2D eigenvalue weighted by Gasteiger charge is -2.28. The summed E-state index contributed by atoms with van der Waals surface area (Å²) in [6, 6.07) is 6.14. The molecule has 1 saturated heterocycles. The Hall–Kier alpha value is -1.20. The summed E-state index contributed by atoms with van der Waals surface area (Å²) in [7, 11) is 0. The van der Waals surface area contributed by atoms with E-state index in [1.807, 2.05) is 24.4 Å². The highest BCUT2D eigenvalue weighted by Gasteiger charge is 2.23. The molecular formula is C18H20Cl2N4. The number of nitrogens with zero attached hydrogens (tertiary/aromatic N) is 3. The zero-order valence-corrected chi connectivity index (χ0v) is 14.9. The van der Waals surface area contributed by atoms with Crippen LogP contribution in [0.15, 0.2) is 24.4 Å². The predicted molar refractivity (Wildman–Crippen MR) is 96.3 cm³/mol. The van der Waals surface area contributed by atoms with Gasteiger partial charge >= 0.3 is 0 Å². The molecule has 24 heavy (non-hydrogen) atoms. The van der Waals surface area contributed by atoms with Crippen molar-refractivity contribution in [3.8, 4) is 0 Å². The minimum Gasteiger partial charge on any atom is -0.307 e. The minimum atomic E-state index is 0.332. The number of hydrogen-bond donors (Lipinski definition) is 1. The normalized spacial score (nSPS) is 21.0. The smallest absolute Gasteiger partial charge is 0.145 e. The van der Waals surface area contributed by atoms with Crippen LogP contribution < -0.4 is 5.32 Å². The van der Waals surface area contributed by atoms with E-state index in [1.54, 1.807) is 0 Å². The summed E-state index contributed by atoms with van der Waals surface area (Å²) in [5.74, 6) is 0.956. The van der Waals surface area contributed by atoms with Gasteiger partial charge in [0, 0.05) is 43.5 Å². The maximum absolute atomic E-state index is 6.32. The predicted octanol–water partition coefficient (Wildman–Crippen LogP) is 3.77. The maximum atomic E-state index is 6.32. The lowest BCUT2D eigenvalue weighted by Crippen LogP contribution is -2.31. The zero-order chi connectivity index (χ0) is 16.5. The van der Waals surface area contributed by atoms with Crippen LogP contribution in [0.3, 0.4) is 0 Å². The topological polar surface area (TPSA) is 41.1 Å². The van der Waals surface area contributed by atoms with E-state index < -0.39 is 0 Å². The third-order valence-electron chi connectivity index (χ3n) is 4.83. The Labute approximate surface area is 152 Å². The van der Waals surface area contributed by atoms with Crippen molar-refractivity contribution >= 4 is 23.2 Å². The van der Waals surface area contributed by atoms with Crippen LogP contribution in [0.1, 0.15) is 41.5 Å². The SMILES string of the molecule is Clc1cccc(CN2CCc3nc([C@H]4CCCN4)ncc3C2)c1Cl. The Morgan fingerprint density at radius 1 is 1.29 bits per heavy atom. The van der Waals surface area contributed by atoms with Crippen LogP contribution in [-0.2, 0) is 19.5 Å². The standard InChI is InChI=1S/C18H20Cl2N4/c19-14-4-1-3-12(17(14)20)10-24-8-6-15-13(11-24)9-22-18(23-15)16-5-2-7-21-16/h1,3-4,9,16,21H,2,5-8,10-11H2/t16-/m1/s1. The molecule has 1 aromatic heterocycles. The van der Waals surface area contributed by atoms with Crippen LogP contribution in [0.25, 0.3) is 0 Å². The first-order chi connectivity index (χ1) is 11.7. The summed E-state index contributed by atoms with van der Waals surface area (Å²) in [5.41, 5.74) is 3.49. The van der Waals surface area contributed by atoms with Gasteiger partial charge in [-0.1, -0.05) is 35.3 Å². The number of halogens is 2. The van der Waals surface area contributed by atoms with Crippen molar-refractivity contribution in [2.75, 3.05) is 13.1 Å². The van der Waals surface area contributed by atoms with Gasteiger partial charge in [0.2, 0.25) is 0 Å². The molecule has 4 rings (SSSR count). The molecule has 2 aliphatic heterocycles. The molecule has 0 saturated carbocycles. The molecule has 0 radical (unpaired) electrons. The monoisotopic (exact) mass is 362 g/mol. The fourth-order valence-electron chi connectivity index (χ4n) is 3.51. The molecule has 2 aromatic rings. The van der Waals surface area contributed by atoms with Gasteiger partial charge in [-0.3, -0.25) is 4.90 Å². The Morgan fingerprint density at radius 2 is 2.21 bits per heavy atom. The number of benzene rings is 1. The van der Waals surface area contributed by atoms with Crippen molar-refractivity contribution in [2.45, 2.75) is 38.4 Å². The lowest BCUT2D eigenvalue weighted by atomic mass is 10.1. The molecule has 0 aliphatic carbocycles. The summed E-state index contributed by atoms with van der Waals surface area (Å²) in [6.45, 7) is 3.70. The van der Waals surface area contributed by atoms with Crippen molar-refractivity contribution in [1.82, 2.24) is 20.2 Å². The Kier molecular flexibility index (Phi) is 4.72. The van der Waals surface area contributed by atoms with Crippen LogP contribution in [0.5, 0.6) is 0 Å². The highest BCUT2D eigenvalue weighted by Crippen LogP contribution is 2.28. The van der Waals surface area contributed by atoms with Gasteiger partial charge in [0.25, 0.3) is 0 Å². The summed E-state index contributed by atoms with van der Waals surface area (Å²) >= 11 is 12.4. The van der Waals surface area contributed by atoms with Crippen molar-refractivity contribution in [1.29, 1.82) is 0 Å². The highest BCUT2D eigenvalue weighted by molar-refractivity contribution is 6.42. The Morgan fingerprint density at radius 3 is 3.04 bits per heavy atom. The van der Waals surface area contributed by atoms with Crippen LogP contribution >= 0.6 is 23.2 Å². The third-order valence-corrected chi connectivity index (χ3v) is 5.69. The van der Waals surface area contributed by atoms with Gasteiger partial charge in [0.05, 0.1) is 16.1 Å². The molecule has 0 spiro atoms. The quantitative estimate of drug-likeness (QED) is 0.902. The molecule has 0 bridgehead atoms. The Balaban J connectivity index is 1.48. The van der Waals surface area contributed by atoms with Crippen molar-refractivity contribution in [3.05, 3.63) is 57.1 Å². The first-order valence-electron chi connectivity index (χ1n) is 8.44. The van der Waals surface area contributed by atoms with Gasteiger partial charge in [0.1, 0.15) is 5.82 Å². The van der Waals surface area contributed by atoms with E-state index in [4.69, 9.17) is 28.2 Å². The van der Waals surface area contributed by atoms with Gasteiger partial charge in [-0.25, -0.2) is 9.97 Å². The van der Waals surface area contributed by atoms with E-state index in [2.05, 4.69) is 15.2 Å². The average molecular weight is 363 g/mol. The molecule has 1 atom stereocenters. The zero-order valence-electron chi connectivity index (χ0n) is 13.4. The molecule has 1 aromatic carbocycles. The Bertz CT molecular complexity index is 744. The fraction of sp³-hybridized carbons (Fsp3) is 0.444. The molecule has 0 unspecified atom stereocenters. The molecule has 0 amide bonds. The van der Waals surface area contributed by atoms with Crippen LogP contribution in [0, 0.1) is 0 Å². The third kappa shape index (κ3) is 3.29. The van der Waals surface area contributed by atoms with E-state index in [9.17, 15) is 0 Å². The van der Waals surface area contributed by atoms with Gasteiger partial charge in [-0.2, -0.15) is 0 Å². The number of nitrogens with one attached hydrogen (secondary N) is 1. The van der Waals surface area contributed by atoms with Gasteiger partial charge in [-0.05, 0) is 31.0 Å². The van der Waals surface area contributed by atoms with Gasteiger partial charge in [0.15, 0.2) is 0 Å². The van der Waals surface area contributed by atoms with Gasteiger partial charge in [-0.15, -0.1) is 0 Å². The molecule has 1 N–H and O–H groups in total. The van der Waals surface area contributed by atoms with E-state index in [-0.39, 0.29) is 0 Å². The lowest BCUT2D eigenvalue weighted by molar-refractivity contribution is 0.242. The molecule has 126 valence electrons. The van der Waals surface area contributed by atoms with Crippen molar-refractivity contribution in [3.63, 3.8) is 0 Å². The minimum absolute atomic E-state index is 0.332. The number of hydrogen-bond acceptors (Lipinski definition) is 4. The van der Waals surface area contributed by atoms with Crippen molar-refractivity contribution < 1.29 is 0 Å². The molecular weight excluding hydrogens is 343 g/mol. The number of aromatic nitrogens is 2. The van der Waals surface area contributed by atoms with Crippen LogP contribution in [-0.4, -0.2) is 28.0 Å². The van der Waals surface area contributed by atoms with Gasteiger partial charge < -0.3 is 5.32 Å². The largest absolute Gasteiger partial charge is 0.307 e. The summed E-state index contributed by atoms with van der Waals surface area (Å²) in [5, 5.41) is 4.74. The van der Waals surface area contributed by atoms with E-state index in [0.29, 0.717) is 16.1 Å². The van der Waals surface area contributed by atoms with Crippen LogP contribution in [0.2, 0.25) is 10.0 Å². The summed E-state index contributed by atoms with van der Waals surface area (Å²) < 4.78 is 0. The number of fused-ring (bicyclic) bond motifs is 1. The van der Waals surface area contributed by atoms with Crippen molar-refractivity contribution in [2.24, 2.45) is 0 Å². The molecule has 6 heteroatoms. The molecule has 4 nitrogen and oxygen atoms in total. The van der Waals surface area contributed by atoms with E-state index in [0.717, 1.165) is 50.4 Å². The second-order valence-electron chi connectivity index (χ2n) is 6.52. The van der Waals surface area contributed by atoms with E-state index >= 15 is 0 Å². The second kappa shape index (κ2) is 6.96. The second-order valence-corrected chi connectivity index (χ2v) is 7.31. The van der Waals surface area contributed by atoms with E-state index in [1.165, 1.54) is 17.7 Å². The first-order valence-corrected chi connectivity index (χ1v) is 9.19. The first kappa shape index (κ1) is 16.3.